The van der Waals surface area contributed by atoms with E-state index in [2.05, 4.69) is 32.9 Å². The Morgan fingerprint density at radius 2 is 1.77 bits per heavy atom. The first kappa shape index (κ1) is 22.1. The van der Waals surface area contributed by atoms with E-state index in [0.717, 1.165) is 12.1 Å². The zero-order valence-electron chi connectivity index (χ0n) is 18.2. The second-order valence-corrected chi connectivity index (χ2v) is 7.31. The lowest BCUT2D eigenvalue weighted by molar-refractivity contribution is -0.130. The number of nitrogens with zero attached hydrogens (tertiary/aromatic N) is 4. The third kappa shape index (κ3) is 6.99. The number of hydrogen-bond donors (Lipinski definition) is 2. The fourth-order valence-corrected chi connectivity index (χ4v) is 3.28. The summed E-state index contributed by atoms with van der Waals surface area (Å²) in [5, 5.41) is 10.8. The van der Waals surface area contributed by atoms with Gasteiger partial charge in [0, 0.05) is 52.5 Å². The first-order chi connectivity index (χ1) is 15.2. The molecule has 0 aliphatic carbocycles. The molecule has 162 valence electrons. The number of carbonyl (C=O) groups is 1. The maximum atomic E-state index is 12.4. The summed E-state index contributed by atoms with van der Waals surface area (Å²) < 4.78 is 1.91. The Kier molecular flexibility index (Phi) is 8.22. The van der Waals surface area contributed by atoms with Crippen LogP contribution in [0, 0.1) is 0 Å². The number of rotatable bonds is 9. The summed E-state index contributed by atoms with van der Waals surface area (Å²) in [6.45, 7) is 2.49. The second-order valence-electron chi connectivity index (χ2n) is 7.31. The predicted molar refractivity (Wildman–Crippen MR) is 124 cm³/mol. The number of aromatic nitrogens is 2. The Morgan fingerprint density at radius 3 is 2.48 bits per heavy atom. The molecule has 0 atom stereocenters. The lowest BCUT2D eigenvalue weighted by Crippen LogP contribution is -2.39. The minimum absolute atomic E-state index is 0.0939. The van der Waals surface area contributed by atoms with Gasteiger partial charge >= 0.3 is 0 Å². The molecular weight excluding hydrogens is 388 g/mol. The molecule has 0 unspecified atom stereocenters. The van der Waals surface area contributed by atoms with E-state index in [4.69, 9.17) is 0 Å². The average Bonchev–Trinajstić information content (AvgIpc) is 3.30. The molecule has 0 radical (unpaired) electrons. The van der Waals surface area contributed by atoms with E-state index < -0.39 is 0 Å². The quantitative estimate of drug-likeness (QED) is 0.414. The normalized spacial score (nSPS) is 11.2. The average molecular weight is 419 g/mol. The summed E-state index contributed by atoms with van der Waals surface area (Å²) in [4.78, 5) is 18.4. The van der Waals surface area contributed by atoms with Crippen LogP contribution in [0.25, 0.3) is 0 Å². The number of nitrogens with one attached hydrogen (secondary N) is 2. The summed E-state index contributed by atoms with van der Waals surface area (Å²) in [7, 11) is 3.56. The highest BCUT2D eigenvalue weighted by Crippen LogP contribution is 2.10. The minimum Gasteiger partial charge on any atom is -0.356 e. The van der Waals surface area contributed by atoms with Crippen molar-refractivity contribution >= 4 is 11.9 Å². The van der Waals surface area contributed by atoms with Crippen molar-refractivity contribution in [3.63, 3.8) is 0 Å². The molecule has 31 heavy (non-hydrogen) atoms. The Balaban J connectivity index is 1.44. The van der Waals surface area contributed by atoms with Gasteiger partial charge in [-0.25, -0.2) is 0 Å². The zero-order chi connectivity index (χ0) is 21.9. The van der Waals surface area contributed by atoms with Crippen molar-refractivity contribution in [2.45, 2.75) is 26.1 Å². The van der Waals surface area contributed by atoms with Crippen LogP contribution in [0.5, 0.6) is 0 Å². The highest BCUT2D eigenvalue weighted by molar-refractivity contribution is 5.81. The molecule has 7 heteroatoms. The maximum absolute atomic E-state index is 12.4. The van der Waals surface area contributed by atoms with Crippen LogP contribution in [0.2, 0.25) is 0 Å². The van der Waals surface area contributed by atoms with E-state index in [1.807, 2.05) is 66.5 Å². The van der Waals surface area contributed by atoms with Crippen LogP contribution in [-0.4, -0.2) is 47.2 Å². The molecule has 0 saturated heterocycles. The molecule has 2 N–H and O–H groups in total. The van der Waals surface area contributed by atoms with Crippen LogP contribution < -0.4 is 10.6 Å². The number of benzene rings is 2. The summed E-state index contributed by atoms with van der Waals surface area (Å²) in [5.74, 6) is 0.767. The smallest absolute Gasteiger partial charge is 0.224 e. The Bertz CT molecular complexity index is 969. The minimum atomic E-state index is 0.0939. The molecule has 7 nitrogen and oxygen atoms in total. The van der Waals surface area contributed by atoms with Gasteiger partial charge in [-0.1, -0.05) is 54.6 Å². The number of aliphatic imine (C=N–C) groups is 1. The molecule has 0 aliphatic rings. The molecule has 0 aliphatic heterocycles. The monoisotopic (exact) mass is 418 g/mol. The SMILES string of the molecule is CN=C(NCCC(=O)N(C)Cc1ccccc1)NCc1ccccc1Cn1cccn1. The van der Waals surface area contributed by atoms with Gasteiger partial charge in [0.2, 0.25) is 5.91 Å². The Labute approximate surface area is 183 Å². The summed E-state index contributed by atoms with van der Waals surface area (Å²) in [6, 6.07) is 20.2. The van der Waals surface area contributed by atoms with Crippen LogP contribution in [-0.2, 0) is 24.4 Å². The number of carbonyl (C=O) groups excluding carboxylic acids is 1. The molecule has 1 heterocycles. The Hall–Kier alpha value is -3.61. The van der Waals surface area contributed by atoms with Crippen LogP contribution in [0.15, 0.2) is 78.0 Å². The van der Waals surface area contributed by atoms with Crippen molar-refractivity contribution in [2.75, 3.05) is 20.6 Å². The summed E-state index contributed by atoms with van der Waals surface area (Å²) >= 11 is 0. The molecular formula is C24H30N6O. The highest BCUT2D eigenvalue weighted by Gasteiger charge is 2.10. The van der Waals surface area contributed by atoms with Crippen LogP contribution >= 0.6 is 0 Å². The van der Waals surface area contributed by atoms with Gasteiger partial charge in [0.1, 0.15) is 0 Å². The molecule has 0 bridgehead atoms. The van der Waals surface area contributed by atoms with Gasteiger partial charge in [-0.2, -0.15) is 5.10 Å². The van der Waals surface area contributed by atoms with E-state index in [1.165, 1.54) is 11.1 Å². The van der Waals surface area contributed by atoms with E-state index in [-0.39, 0.29) is 5.91 Å². The Morgan fingerprint density at radius 1 is 1.03 bits per heavy atom. The molecule has 0 fully saturated rings. The lowest BCUT2D eigenvalue weighted by atomic mass is 10.1. The van der Waals surface area contributed by atoms with Crippen LogP contribution in [0.1, 0.15) is 23.1 Å². The molecule has 2 aromatic carbocycles. The van der Waals surface area contributed by atoms with Crippen molar-refractivity contribution in [1.82, 2.24) is 25.3 Å². The largest absolute Gasteiger partial charge is 0.356 e. The van der Waals surface area contributed by atoms with E-state index in [1.54, 1.807) is 18.1 Å². The fraction of sp³-hybridized carbons (Fsp3) is 0.292. The van der Waals surface area contributed by atoms with Crippen molar-refractivity contribution in [3.05, 3.63) is 89.7 Å². The standard InChI is InChI=1S/C24H30N6O/c1-25-24(26-15-13-23(31)29(2)18-20-9-4-3-5-10-20)27-17-21-11-6-7-12-22(21)19-30-16-8-14-28-30/h3-12,14,16H,13,15,17-19H2,1-2H3,(H2,25,26,27). The molecule has 3 rings (SSSR count). The fourth-order valence-electron chi connectivity index (χ4n) is 3.28. The van der Waals surface area contributed by atoms with E-state index in [9.17, 15) is 4.79 Å². The van der Waals surface area contributed by atoms with Gasteiger partial charge in [0.05, 0.1) is 6.54 Å². The molecule has 1 amide bonds. The van der Waals surface area contributed by atoms with Crippen LogP contribution in [0.4, 0.5) is 0 Å². The highest BCUT2D eigenvalue weighted by atomic mass is 16.2. The summed E-state index contributed by atoms with van der Waals surface area (Å²) in [6.07, 6.45) is 4.14. The molecule has 0 spiro atoms. The molecule has 0 saturated carbocycles. The van der Waals surface area contributed by atoms with Crippen molar-refractivity contribution < 1.29 is 4.79 Å². The number of hydrogen-bond acceptors (Lipinski definition) is 3. The third-order valence-corrected chi connectivity index (χ3v) is 5.00. The van der Waals surface area contributed by atoms with Gasteiger partial charge in [0.15, 0.2) is 5.96 Å². The summed E-state index contributed by atoms with van der Waals surface area (Å²) in [5.41, 5.74) is 3.50. The van der Waals surface area contributed by atoms with Crippen LogP contribution in [0.3, 0.4) is 0 Å². The van der Waals surface area contributed by atoms with Gasteiger partial charge < -0.3 is 15.5 Å². The van der Waals surface area contributed by atoms with Crippen molar-refractivity contribution in [1.29, 1.82) is 0 Å². The van der Waals surface area contributed by atoms with Gasteiger partial charge in [-0.15, -0.1) is 0 Å². The zero-order valence-corrected chi connectivity index (χ0v) is 18.2. The van der Waals surface area contributed by atoms with Gasteiger partial charge in [-0.05, 0) is 22.8 Å². The lowest BCUT2D eigenvalue weighted by Gasteiger charge is -2.18. The van der Waals surface area contributed by atoms with E-state index in [0.29, 0.717) is 32.0 Å². The predicted octanol–water partition coefficient (Wildman–Crippen LogP) is 2.65. The maximum Gasteiger partial charge on any atom is 0.224 e. The van der Waals surface area contributed by atoms with E-state index >= 15 is 0 Å². The number of amides is 1. The third-order valence-electron chi connectivity index (χ3n) is 5.00. The first-order valence-electron chi connectivity index (χ1n) is 10.4. The molecule has 1 aromatic heterocycles. The molecule has 3 aromatic rings. The van der Waals surface area contributed by atoms with Gasteiger partial charge in [0.25, 0.3) is 0 Å². The van der Waals surface area contributed by atoms with Crippen molar-refractivity contribution in [2.24, 2.45) is 4.99 Å². The van der Waals surface area contributed by atoms with Gasteiger partial charge in [-0.3, -0.25) is 14.5 Å². The van der Waals surface area contributed by atoms with Crippen molar-refractivity contribution in [3.8, 4) is 0 Å². The first-order valence-corrected chi connectivity index (χ1v) is 10.4. The topological polar surface area (TPSA) is 74.6 Å². The number of guanidine groups is 1. The second kappa shape index (κ2) is 11.5.